The van der Waals surface area contributed by atoms with Gasteiger partial charge in [0.25, 0.3) is 5.91 Å². The second kappa shape index (κ2) is 12.8. The second-order valence-corrected chi connectivity index (χ2v) is 15.4. The van der Waals surface area contributed by atoms with Gasteiger partial charge in [0.2, 0.25) is 11.8 Å². The lowest BCUT2D eigenvalue weighted by atomic mass is 9.68. The first-order valence-corrected chi connectivity index (χ1v) is 18.0. The number of ether oxygens (including phenoxy) is 2. The van der Waals surface area contributed by atoms with Crippen molar-refractivity contribution in [2.45, 2.75) is 49.4 Å². The molecule has 12 nitrogen and oxygen atoms in total. The van der Waals surface area contributed by atoms with E-state index in [9.17, 15) is 33.9 Å². The summed E-state index contributed by atoms with van der Waals surface area (Å²) in [5.41, 5.74) is 1.73. The number of nitrogens with zero attached hydrogens (tertiary/aromatic N) is 1. The van der Waals surface area contributed by atoms with Gasteiger partial charge >= 0.3 is 16.8 Å². The van der Waals surface area contributed by atoms with Crippen molar-refractivity contribution in [3.8, 4) is 5.75 Å². The van der Waals surface area contributed by atoms with Crippen molar-refractivity contribution in [3.63, 3.8) is 0 Å². The number of carbonyl (C=O) groups is 5. The number of aromatic amines is 1. The van der Waals surface area contributed by atoms with Crippen molar-refractivity contribution in [3.05, 3.63) is 74.2 Å². The summed E-state index contributed by atoms with van der Waals surface area (Å²) in [5, 5.41) is 13.4. The Hall–Kier alpha value is -4.43. The molecule has 2 bridgehead atoms. The van der Waals surface area contributed by atoms with Crippen molar-refractivity contribution in [2.24, 2.45) is 35.5 Å². The monoisotopic (exact) mass is 705 g/mol. The Balaban J connectivity index is 1.12. The maximum atomic E-state index is 13.9. The third-order valence-corrected chi connectivity index (χ3v) is 12.8. The molecule has 8 atom stereocenters. The van der Waals surface area contributed by atoms with Gasteiger partial charge in [0.15, 0.2) is 6.61 Å². The number of benzene rings is 2. The number of fused-ring (bicyclic) bond motifs is 9. The zero-order valence-electron chi connectivity index (χ0n) is 26.9. The Bertz CT molecular complexity index is 1900. The number of anilines is 1. The maximum absolute atomic E-state index is 13.9. The van der Waals surface area contributed by atoms with Crippen LogP contribution in [-0.2, 0) is 23.9 Å². The van der Waals surface area contributed by atoms with Gasteiger partial charge in [-0.3, -0.25) is 24.1 Å². The van der Waals surface area contributed by atoms with Crippen LogP contribution in [0.25, 0.3) is 0 Å². The van der Waals surface area contributed by atoms with E-state index in [0.29, 0.717) is 23.4 Å². The van der Waals surface area contributed by atoms with Crippen LogP contribution in [0.4, 0.5) is 5.69 Å². The summed E-state index contributed by atoms with van der Waals surface area (Å²) in [5.74, 6) is -4.66. The number of carboxylic acids is 1. The number of aliphatic carboxylic acids is 1. The van der Waals surface area contributed by atoms with Crippen molar-refractivity contribution in [1.29, 1.82) is 0 Å². The van der Waals surface area contributed by atoms with Crippen molar-refractivity contribution in [2.75, 3.05) is 18.5 Å². The number of hydrogen-bond acceptors (Lipinski definition) is 10. The average Bonchev–Trinajstić information content (AvgIpc) is 3.80. The number of amides is 3. The Morgan fingerprint density at radius 1 is 1.04 bits per heavy atom. The molecule has 14 heteroatoms. The van der Waals surface area contributed by atoms with Crippen LogP contribution in [-0.4, -0.2) is 69.2 Å². The summed E-state index contributed by atoms with van der Waals surface area (Å²) in [6.07, 6.45) is 0.676. The zero-order chi connectivity index (χ0) is 34.7. The molecule has 49 heavy (non-hydrogen) atoms. The fourth-order valence-electron chi connectivity index (χ4n) is 8.43. The lowest BCUT2D eigenvalue weighted by Gasteiger charge is -2.43. The highest BCUT2D eigenvalue weighted by Gasteiger charge is 2.70. The van der Waals surface area contributed by atoms with Crippen molar-refractivity contribution in [1.82, 2.24) is 9.88 Å². The SMILES string of the molecule is CCOC(=O)c1ccc(NC(=O)COc2cccc([C@H]3c4sc(=O)[nH]c4SC4C5CC(C6C(=O)N(C(C(=O)O)C(C)C)C(=O)C56)C43)c2)cc1. The van der Waals surface area contributed by atoms with Crippen LogP contribution in [0.15, 0.2) is 58.4 Å². The third kappa shape index (κ3) is 5.64. The molecule has 3 heterocycles. The van der Waals surface area contributed by atoms with Gasteiger partial charge in [-0.25, -0.2) is 9.59 Å². The number of nitrogens with one attached hydrogen (secondary N) is 2. The summed E-state index contributed by atoms with van der Waals surface area (Å²) in [6, 6.07) is 12.5. The number of esters is 1. The molecule has 2 aliphatic carbocycles. The van der Waals surface area contributed by atoms with Crippen LogP contribution in [0, 0.1) is 35.5 Å². The Morgan fingerprint density at radius 3 is 2.43 bits per heavy atom. The minimum atomic E-state index is -1.22. The van der Waals surface area contributed by atoms with E-state index in [-0.39, 0.29) is 47.0 Å². The predicted molar refractivity (Wildman–Crippen MR) is 180 cm³/mol. The molecule has 3 N–H and O–H groups in total. The second-order valence-electron chi connectivity index (χ2n) is 13.2. The molecule has 2 aliphatic heterocycles. The highest BCUT2D eigenvalue weighted by Crippen LogP contribution is 2.68. The lowest BCUT2D eigenvalue weighted by molar-refractivity contribution is -0.157. The minimum Gasteiger partial charge on any atom is -0.484 e. The Morgan fingerprint density at radius 2 is 1.76 bits per heavy atom. The maximum Gasteiger partial charge on any atom is 0.338 e. The van der Waals surface area contributed by atoms with E-state index in [4.69, 9.17) is 9.47 Å². The topological polar surface area (TPSA) is 172 Å². The molecule has 7 rings (SSSR count). The average molecular weight is 706 g/mol. The summed E-state index contributed by atoms with van der Waals surface area (Å²) in [4.78, 5) is 81.8. The first-order valence-electron chi connectivity index (χ1n) is 16.3. The van der Waals surface area contributed by atoms with Gasteiger partial charge in [-0.05, 0) is 79.0 Å². The molecule has 256 valence electrons. The zero-order valence-corrected chi connectivity index (χ0v) is 28.5. The van der Waals surface area contributed by atoms with E-state index in [2.05, 4.69) is 10.3 Å². The molecule has 3 fully saturated rings. The van der Waals surface area contributed by atoms with Gasteiger partial charge in [0, 0.05) is 21.7 Å². The molecule has 3 aromatic rings. The van der Waals surface area contributed by atoms with Crippen molar-refractivity contribution >= 4 is 58.4 Å². The van der Waals surface area contributed by atoms with Crippen molar-refractivity contribution < 1.29 is 38.6 Å². The van der Waals surface area contributed by atoms with E-state index < -0.39 is 53.5 Å². The molecule has 1 saturated heterocycles. The van der Waals surface area contributed by atoms with Crippen LogP contribution < -0.4 is 14.9 Å². The first-order chi connectivity index (χ1) is 23.5. The molecule has 0 radical (unpaired) electrons. The highest BCUT2D eigenvalue weighted by atomic mass is 32.2. The number of carboxylic acid groups (broad SMARTS) is 1. The summed E-state index contributed by atoms with van der Waals surface area (Å²) < 4.78 is 10.9. The highest BCUT2D eigenvalue weighted by molar-refractivity contribution is 8.00. The Kier molecular flexibility index (Phi) is 8.64. The molecule has 7 unspecified atom stereocenters. The number of imide groups is 1. The van der Waals surface area contributed by atoms with Crippen LogP contribution in [0.2, 0.25) is 0 Å². The van der Waals surface area contributed by atoms with E-state index in [1.165, 1.54) is 0 Å². The number of rotatable bonds is 10. The molecule has 4 aliphatic rings. The third-order valence-electron chi connectivity index (χ3n) is 10.2. The number of aromatic nitrogens is 1. The molecule has 2 saturated carbocycles. The van der Waals surface area contributed by atoms with Gasteiger partial charge < -0.3 is 24.9 Å². The minimum absolute atomic E-state index is 0.0569. The van der Waals surface area contributed by atoms with E-state index >= 15 is 0 Å². The van der Waals surface area contributed by atoms with Crippen LogP contribution in [0.3, 0.4) is 0 Å². The number of thiazole rings is 1. The summed E-state index contributed by atoms with van der Waals surface area (Å²) in [7, 11) is 0. The van der Waals surface area contributed by atoms with Gasteiger partial charge in [0.1, 0.15) is 11.8 Å². The fraction of sp³-hybridized carbons (Fsp3) is 0.429. The summed E-state index contributed by atoms with van der Waals surface area (Å²) >= 11 is 2.69. The van der Waals surface area contributed by atoms with Crippen LogP contribution in [0.1, 0.15) is 53.9 Å². The number of carbonyl (C=O) groups excluding carboxylic acids is 4. The Labute approximate surface area is 289 Å². The van der Waals surface area contributed by atoms with Gasteiger partial charge in [-0.1, -0.05) is 37.3 Å². The predicted octanol–water partition coefficient (Wildman–Crippen LogP) is 4.21. The molecule has 0 spiro atoms. The first kappa shape index (κ1) is 33.1. The molecule has 3 amide bonds. The molecule has 2 aromatic carbocycles. The fourth-order valence-corrected chi connectivity index (χ4v) is 11.3. The smallest absolute Gasteiger partial charge is 0.338 e. The normalized spacial score (nSPS) is 27.0. The van der Waals surface area contributed by atoms with E-state index in [0.717, 1.165) is 31.7 Å². The molecular formula is C35H35N3O9S2. The standard InChI is InChI=1S/C35H35N3O9S2/c1-4-46-34(44)16-8-10-18(11-9-16)36-22(39)14-47-19-7-5-6-17(12-19)23-24-20-13-21(28(24)48-30-29(23)49-35(45)37-30)26-25(20)31(40)38(32(26)41)27(15(2)3)33(42)43/h5-12,15,20-21,23-28H,4,13-14H2,1-3H3,(H,36,39)(H,37,45)(H,42,43)/t20?,21?,23-,24?,25?,26?,27?,28?/m1/s1. The number of likely N-dealkylation sites (tertiary alicyclic amines) is 1. The van der Waals surface area contributed by atoms with Crippen LogP contribution in [0.5, 0.6) is 5.75 Å². The number of H-pyrrole nitrogens is 1. The van der Waals surface area contributed by atoms with Crippen LogP contribution >= 0.6 is 23.1 Å². The molecular weight excluding hydrogens is 671 g/mol. The quantitative estimate of drug-likeness (QED) is 0.205. The van der Waals surface area contributed by atoms with Gasteiger partial charge in [-0.15, -0.1) is 11.8 Å². The van der Waals surface area contributed by atoms with Gasteiger partial charge in [0.05, 0.1) is 29.0 Å². The van der Waals surface area contributed by atoms with E-state index in [1.54, 1.807) is 62.9 Å². The molecule has 1 aromatic heterocycles. The number of thioether (sulfide) groups is 1. The lowest BCUT2D eigenvalue weighted by Crippen LogP contribution is -2.49. The summed E-state index contributed by atoms with van der Waals surface area (Å²) in [6.45, 7) is 5.11. The number of hydrogen-bond donors (Lipinski definition) is 3. The largest absolute Gasteiger partial charge is 0.484 e. The van der Waals surface area contributed by atoms with Gasteiger partial charge in [-0.2, -0.15) is 0 Å². The van der Waals surface area contributed by atoms with E-state index in [1.807, 2.05) is 18.2 Å².